The molecule has 0 unspecified atom stereocenters. The van der Waals surface area contributed by atoms with E-state index in [0.29, 0.717) is 5.92 Å². The Morgan fingerprint density at radius 2 is 0.339 bits per heavy atom. The predicted molar refractivity (Wildman–Crippen MR) is 293 cm³/mol. The zero-order valence-corrected chi connectivity index (χ0v) is 46.4. The Labute approximate surface area is 380 Å². The van der Waals surface area contributed by atoms with E-state index in [-0.39, 0.29) is 0 Å². The van der Waals surface area contributed by atoms with E-state index in [1.54, 1.807) is 0 Å². The van der Waals surface area contributed by atoms with Crippen LogP contribution in [0.4, 0.5) is 0 Å². The number of hydrogen-bond donors (Lipinski definition) is 0. The van der Waals surface area contributed by atoms with Crippen LogP contribution in [0.15, 0.2) is 127 Å². The van der Waals surface area contributed by atoms with Crippen LogP contribution in [0.5, 0.6) is 0 Å². The second kappa shape index (κ2) is 124. The molecule has 0 aromatic heterocycles. The zero-order chi connectivity index (χ0) is 49.4. The zero-order valence-electron chi connectivity index (χ0n) is 46.4. The molecule has 0 atom stereocenters. The molecule has 0 heteroatoms. The van der Waals surface area contributed by atoms with Crippen LogP contribution < -0.4 is 0 Å². The summed E-state index contributed by atoms with van der Waals surface area (Å²) in [5.41, 5.74) is 4.00. The van der Waals surface area contributed by atoms with E-state index in [4.69, 9.17) is 0 Å². The first kappa shape index (κ1) is 87.4. The van der Waals surface area contributed by atoms with Crippen LogP contribution >= 0.6 is 0 Å². The largest absolute Gasteiger partial charge is 0.0683 e. The van der Waals surface area contributed by atoms with Crippen LogP contribution in [0.1, 0.15) is 255 Å². The van der Waals surface area contributed by atoms with E-state index in [0.717, 1.165) is 0 Å². The first-order valence-electron chi connectivity index (χ1n) is 25.5. The monoisotopic (exact) mass is 827 g/mol. The van der Waals surface area contributed by atoms with Gasteiger partial charge in [-0.3, -0.25) is 0 Å². The van der Waals surface area contributed by atoms with Crippen molar-refractivity contribution in [1.82, 2.24) is 0 Å². The molecule has 59 heavy (non-hydrogen) atoms. The van der Waals surface area contributed by atoms with Gasteiger partial charge in [-0.05, 0) is 16.7 Å². The first-order valence-corrected chi connectivity index (χ1v) is 25.5. The Morgan fingerprint density at radius 1 is 0.237 bits per heavy atom. The Hall–Kier alpha value is -3.12. The highest BCUT2D eigenvalue weighted by Crippen LogP contribution is 2.31. The topological polar surface area (TPSA) is 0 Å². The van der Waals surface area contributed by atoms with Crippen LogP contribution in [0, 0.1) is 0 Å². The summed E-state index contributed by atoms with van der Waals surface area (Å²) in [6, 6.07) is 44.0. The van der Waals surface area contributed by atoms with Gasteiger partial charge in [-0.15, -0.1) is 0 Å². The van der Waals surface area contributed by atoms with Gasteiger partial charge in [0.15, 0.2) is 0 Å². The summed E-state index contributed by atoms with van der Waals surface area (Å²) in [4.78, 5) is 0. The third-order valence-corrected chi connectivity index (χ3v) is 5.32. The maximum atomic E-state index is 2.20. The second-order valence-electron chi connectivity index (χ2n) is 8.29. The van der Waals surface area contributed by atoms with Gasteiger partial charge < -0.3 is 0 Å². The van der Waals surface area contributed by atoms with Gasteiger partial charge in [-0.2, -0.15) is 0 Å². The molecule has 4 aromatic carbocycles. The molecule has 0 aliphatic heterocycles. The SMILES string of the molecule is C1CCCC1.CC.CC.CC.CC.CC.CC.CC.CC.CC.CC.CC.CC.CC.CCC.c1ccc(C(c2ccccc2)c2ccccc2)cc1.c1ccccc1. The summed E-state index contributed by atoms with van der Waals surface area (Å²) in [5.74, 6) is 0.309. The Kier molecular flexibility index (Phi) is 183. The lowest BCUT2D eigenvalue weighted by atomic mass is 9.85. The average molecular weight is 828 g/mol. The van der Waals surface area contributed by atoms with E-state index >= 15 is 0 Å². The van der Waals surface area contributed by atoms with Crippen molar-refractivity contribution < 1.29 is 0 Å². The van der Waals surface area contributed by atoms with Gasteiger partial charge in [-0.25, -0.2) is 0 Å². The fourth-order valence-electron chi connectivity index (χ4n) is 3.78. The van der Waals surface area contributed by atoms with Crippen molar-refractivity contribution in [1.29, 1.82) is 0 Å². The van der Waals surface area contributed by atoms with Crippen LogP contribution in [-0.4, -0.2) is 0 Å². The molecule has 1 fully saturated rings. The van der Waals surface area contributed by atoms with Gasteiger partial charge in [0.1, 0.15) is 0 Å². The molecule has 354 valence electrons. The van der Waals surface area contributed by atoms with E-state index in [1.165, 1.54) is 55.2 Å². The molecule has 5 rings (SSSR count). The standard InChI is InChI=1S/C19H16.C6H6.C5H10.C3H8.13C2H6/c1-4-10-16(11-5-1)19(17-12-6-2-7-13-17)18-14-8-3-9-15-18;1-2-4-6-5-3-1;1-2-4-5-3-1;1-3-2;13*1-2/h1-15,19H;1-6H;1-5H2;3H2,1-2H3;13*1-2H3. The summed E-state index contributed by atoms with van der Waals surface area (Å²) < 4.78 is 0. The van der Waals surface area contributed by atoms with Gasteiger partial charge >= 0.3 is 0 Å². The van der Waals surface area contributed by atoms with Gasteiger partial charge in [0.05, 0.1) is 0 Å². The van der Waals surface area contributed by atoms with Crippen LogP contribution in [0.2, 0.25) is 0 Å². The van der Waals surface area contributed by atoms with Crippen molar-refractivity contribution in [3.63, 3.8) is 0 Å². The molecule has 0 amide bonds. The molecular formula is C59H118. The average Bonchev–Trinajstić information content (AvgIpc) is 4.00. The summed E-state index contributed by atoms with van der Waals surface area (Å²) in [5, 5.41) is 0. The summed E-state index contributed by atoms with van der Waals surface area (Å²) in [7, 11) is 0. The first-order chi connectivity index (χ1) is 29.4. The van der Waals surface area contributed by atoms with Crippen LogP contribution in [0.3, 0.4) is 0 Å². The smallest absolute Gasteiger partial charge is 0.0339 e. The van der Waals surface area contributed by atoms with E-state index < -0.39 is 0 Å². The maximum Gasteiger partial charge on any atom is 0.0339 e. The lowest BCUT2D eigenvalue weighted by Gasteiger charge is -2.18. The summed E-state index contributed by atoms with van der Waals surface area (Å²) in [6.45, 7) is 56.2. The molecule has 0 bridgehead atoms. The highest BCUT2D eigenvalue weighted by atomic mass is 14.2. The lowest BCUT2D eigenvalue weighted by molar-refractivity contribution is 0.886. The van der Waals surface area contributed by atoms with E-state index in [1.807, 2.05) is 216 Å². The fraction of sp³-hybridized carbons (Fsp3) is 0.593. The molecule has 0 nitrogen and oxygen atoms in total. The normalized spacial score (nSPS) is 7.88. The quantitative estimate of drug-likeness (QED) is 0.181. The molecule has 0 radical (unpaired) electrons. The van der Waals surface area contributed by atoms with Crippen molar-refractivity contribution in [2.75, 3.05) is 0 Å². The predicted octanol–water partition coefficient (Wildman–Crippen LogP) is 23.3. The minimum absolute atomic E-state index is 0.309. The van der Waals surface area contributed by atoms with Crippen molar-refractivity contribution in [3.05, 3.63) is 144 Å². The molecule has 1 aliphatic carbocycles. The van der Waals surface area contributed by atoms with Crippen LogP contribution in [0.25, 0.3) is 0 Å². The molecule has 1 aliphatic rings. The minimum Gasteiger partial charge on any atom is -0.0683 e. The Morgan fingerprint density at radius 3 is 0.458 bits per heavy atom. The molecule has 4 aromatic rings. The fourth-order valence-corrected chi connectivity index (χ4v) is 3.78. The van der Waals surface area contributed by atoms with Crippen molar-refractivity contribution >= 4 is 0 Å². The Balaban J connectivity index is -0.0000000467. The number of rotatable bonds is 3. The highest BCUT2D eigenvalue weighted by Gasteiger charge is 2.15. The second-order valence-corrected chi connectivity index (χ2v) is 8.29. The third-order valence-electron chi connectivity index (χ3n) is 5.32. The number of hydrogen-bond acceptors (Lipinski definition) is 0. The molecule has 0 saturated heterocycles. The number of benzene rings is 4. The van der Waals surface area contributed by atoms with Gasteiger partial charge in [0.2, 0.25) is 0 Å². The summed E-state index contributed by atoms with van der Waals surface area (Å²) in [6.07, 6.45) is 8.75. The molecule has 1 saturated carbocycles. The van der Waals surface area contributed by atoms with E-state index in [2.05, 4.69) is 105 Å². The van der Waals surface area contributed by atoms with Gasteiger partial charge in [0.25, 0.3) is 0 Å². The summed E-state index contributed by atoms with van der Waals surface area (Å²) >= 11 is 0. The lowest BCUT2D eigenvalue weighted by Crippen LogP contribution is -2.02. The molecule has 0 N–H and O–H groups in total. The highest BCUT2D eigenvalue weighted by molar-refractivity contribution is 5.42. The third kappa shape index (κ3) is 79.7. The minimum atomic E-state index is 0.309. The molecule has 0 heterocycles. The Bertz CT molecular complexity index is 782. The maximum absolute atomic E-state index is 2.20. The van der Waals surface area contributed by atoms with Crippen molar-refractivity contribution in [3.8, 4) is 0 Å². The van der Waals surface area contributed by atoms with E-state index in [9.17, 15) is 0 Å². The molecular weight excluding hydrogens is 709 g/mol. The van der Waals surface area contributed by atoms with Gasteiger partial charge in [-0.1, -0.05) is 360 Å². The van der Waals surface area contributed by atoms with Crippen molar-refractivity contribution in [2.24, 2.45) is 0 Å². The molecule has 0 spiro atoms. The van der Waals surface area contributed by atoms with Crippen LogP contribution in [-0.2, 0) is 0 Å². The van der Waals surface area contributed by atoms with Crippen molar-refractivity contribution in [2.45, 2.75) is 238 Å². The van der Waals surface area contributed by atoms with Gasteiger partial charge in [0, 0.05) is 5.92 Å².